The average molecular weight is 328 g/mol. The molecule has 0 aliphatic rings. The van der Waals surface area contributed by atoms with Gasteiger partial charge < -0.3 is 9.88 Å². The van der Waals surface area contributed by atoms with E-state index in [1.165, 1.54) is 0 Å². The van der Waals surface area contributed by atoms with Crippen molar-refractivity contribution in [2.75, 3.05) is 5.32 Å². The van der Waals surface area contributed by atoms with E-state index in [4.69, 9.17) is 11.6 Å². The van der Waals surface area contributed by atoms with Crippen molar-refractivity contribution in [1.29, 1.82) is 0 Å². The highest BCUT2D eigenvalue weighted by Crippen LogP contribution is 2.30. The largest absolute Gasteiger partial charge is 0.352 e. The van der Waals surface area contributed by atoms with Gasteiger partial charge in [0.2, 0.25) is 5.95 Å². The Kier molecular flexibility index (Phi) is 4.30. The zero-order valence-corrected chi connectivity index (χ0v) is 14.0. The summed E-state index contributed by atoms with van der Waals surface area (Å²) in [6.45, 7) is 4.10. The van der Waals surface area contributed by atoms with Crippen LogP contribution in [0.3, 0.4) is 0 Å². The Hall–Kier alpha value is -2.40. The highest BCUT2D eigenvalue weighted by molar-refractivity contribution is 6.30. The number of aryl methyl sites for hydroxylation is 1. The molecule has 2 heterocycles. The number of nitrogens with zero attached hydrogens (tertiary/aromatic N) is 4. The Morgan fingerprint density at radius 1 is 1.13 bits per heavy atom. The summed E-state index contributed by atoms with van der Waals surface area (Å²) < 4.78 is 1.95. The lowest BCUT2D eigenvalue weighted by molar-refractivity contribution is 0.870. The lowest BCUT2D eigenvalue weighted by Gasteiger charge is -2.13. The first kappa shape index (κ1) is 15.5. The quantitative estimate of drug-likeness (QED) is 0.786. The van der Waals surface area contributed by atoms with Gasteiger partial charge in [-0.05, 0) is 31.5 Å². The van der Waals surface area contributed by atoms with Crippen molar-refractivity contribution in [3.8, 4) is 22.6 Å². The molecule has 5 nitrogen and oxygen atoms in total. The molecule has 0 saturated heterocycles. The molecular weight excluding hydrogens is 310 g/mol. The van der Waals surface area contributed by atoms with Crippen molar-refractivity contribution >= 4 is 17.5 Å². The van der Waals surface area contributed by atoms with Crippen LogP contribution in [0.5, 0.6) is 0 Å². The summed E-state index contributed by atoms with van der Waals surface area (Å²) in [5.74, 6) is 1.39. The summed E-state index contributed by atoms with van der Waals surface area (Å²) >= 11 is 5.99. The van der Waals surface area contributed by atoms with Crippen LogP contribution in [0.25, 0.3) is 22.6 Å². The molecule has 3 rings (SSSR count). The molecule has 6 heteroatoms. The average Bonchev–Trinajstić information content (AvgIpc) is 2.94. The predicted octanol–water partition coefficient (Wildman–Crippen LogP) is 4.02. The van der Waals surface area contributed by atoms with E-state index in [-0.39, 0.29) is 6.04 Å². The topological polar surface area (TPSA) is 55.6 Å². The molecule has 1 aromatic carbocycles. The smallest absolute Gasteiger partial charge is 0.223 e. The fraction of sp³-hybridized carbons (Fsp3) is 0.235. The summed E-state index contributed by atoms with van der Waals surface area (Å²) in [5, 5.41) is 3.93. The minimum atomic E-state index is 0.255. The van der Waals surface area contributed by atoms with Gasteiger partial charge in [0.15, 0.2) is 5.82 Å². The lowest BCUT2D eigenvalue weighted by atomic mass is 10.1. The standard InChI is InChI=1S/C17H18ClN5/c1-11(2)21-17-20-10-14(12-4-6-13(18)7-5-12)15(22-17)16-19-8-9-23(16)3/h4-11H,1-3H3,(H,20,21,22). The molecule has 0 aliphatic carbocycles. The number of benzene rings is 1. The molecule has 0 fully saturated rings. The minimum Gasteiger partial charge on any atom is -0.352 e. The number of hydrogen-bond acceptors (Lipinski definition) is 4. The van der Waals surface area contributed by atoms with Crippen molar-refractivity contribution in [2.24, 2.45) is 7.05 Å². The number of nitrogens with one attached hydrogen (secondary N) is 1. The minimum absolute atomic E-state index is 0.255. The van der Waals surface area contributed by atoms with Crippen LogP contribution in [0.15, 0.2) is 42.9 Å². The number of rotatable bonds is 4. The van der Waals surface area contributed by atoms with Crippen molar-refractivity contribution in [3.05, 3.63) is 47.9 Å². The lowest BCUT2D eigenvalue weighted by Crippen LogP contribution is -2.13. The van der Waals surface area contributed by atoms with E-state index in [1.54, 1.807) is 6.20 Å². The highest BCUT2D eigenvalue weighted by Gasteiger charge is 2.15. The maximum absolute atomic E-state index is 5.99. The Labute approximate surface area is 140 Å². The Bertz CT molecular complexity index is 808. The van der Waals surface area contributed by atoms with E-state index in [9.17, 15) is 0 Å². The second-order valence-corrected chi connectivity index (χ2v) is 6.06. The van der Waals surface area contributed by atoms with Crippen LogP contribution in [-0.2, 0) is 7.05 Å². The van der Waals surface area contributed by atoms with Gasteiger partial charge in [-0.15, -0.1) is 0 Å². The highest BCUT2D eigenvalue weighted by atomic mass is 35.5. The van der Waals surface area contributed by atoms with Crippen LogP contribution in [-0.4, -0.2) is 25.6 Å². The van der Waals surface area contributed by atoms with Gasteiger partial charge in [-0.2, -0.15) is 0 Å². The van der Waals surface area contributed by atoms with Crippen LogP contribution in [0.1, 0.15) is 13.8 Å². The third kappa shape index (κ3) is 3.35. The zero-order valence-electron chi connectivity index (χ0n) is 13.3. The Morgan fingerprint density at radius 3 is 2.48 bits per heavy atom. The van der Waals surface area contributed by atoms with Gasteiger partial charge in [0.05, 0.1) is 0 Å². The summed E-state index contributed by atoms with van der Waals surface area (Å²) in [6.07, 6.45) is 5.49. The first-order valence-corrected chi connectivity index (χ1v) is 7.79. The van der Waals surface area contributed by atoms with Gasteiger partial charge in [-0.1, -0.05) is 23.7 Å². The third-order valence-electron chi connectivity index (χ3n) is 3.39. The van der Waals surface area contributed by atoms with Crippen LogP contribution >= 0.6 is 11.6 Å². The van der Waals surface area contributed by atoms with Gasteiger partial charge in [-0.3, -0.25) is 0 Å². The maximum Gasteiger partial charge on any atom is 0.223 e. The molecule has 0 amide bonds. The molecule has 0 spiro atoms. The van der Waals surface area contributed by atoms with Gasteiger partial charge in [0, 0.05) is 42.3 Å². The molecule has 0 atom stereocenters. The number of imidazole rings is 1. The molecule has 23 heavy (non-hydrogen) atoms. The van der Waals surface area contributed by atoms with Gasteiger partial charge in [-0.25, -0.2) is 15.0 Å². The van der Waals surface area contributed by atoms with Crippen LogP contribution < -0.4 is 5.32 Å². The van der Waals surface area contributed by atoms with Gasteiger partial charge >= 0.3 is 0 Å². The van der Waals surface area contributed by atoms with Crippen LogP contribution in [0.2, 0.25) is 5.02 Å². The van der Waals surface area contributed by atoms with Crippen LogP contribution in [0, 0.1) is 0 Å². The molecule has 0 radical (unpaired) electrons. The van der Waals surface area contributed by atoms with Gasteiger partial charge in [0.25, 0.3) is 0 Å². The SMILES string of the molecule is CC(C)Nc1ncc(-c2ccc(Cl)cc2)c(-c2nccn2C)n1. The zero-order chi connectivity index (χ0) is 16.4. The van der Waals surface area contributed by atoms with E-state index in [1.807, 2.05) is 48.3 Å². The van der Waals surface area contributed by atoms with Crippen molar-refractivity contribution in [3.63, 3.8) is 0 Å². The second-order valence-electron chi connectivity index (χ2n) is 5.62. The summed E-state index contributed by atoms with van der Waals surface area (Å²) in [5.41, 5.74) is 2.71. The fourth-order valence-corrected chi connectivity index (χ4v) is 2.44. The fourth-order valence-electron chi connectivity index (χ4n) is 2.31. The molecule has 0 unspecified atom stereocenters. The number of anilines is 1. The van der Waals surface area contributed by atoms with E-state index in [0.717, 1.165) is 22.6 Å². The van der Waals surface area contributed by atoms with Crippen LogP contribution in [0.4, 0.5) is 5.95 Å². The van der Waals surface area contributed by atoms with Crippen molar-refractivity contribution < 1.29 is 0 Å². The van der Waals surface area contributed by atoms with E-state index in [0.29, 0.717) is 11.0 Å². The molecule has 0 saturated carbocycles. The maximum atomic E-state index is 5.99. The first-order valence-electron chi connectivity index (χ1n) is 7.42. The molecule has 1 N–H and O–H groups in total. The van der Waals surface area contributed by atoms with Crippen molar-refractivity contribution in [2.45, 2.75) is 19.9 Å². The predicted molar refractivity (Wildman–Crippen MR) is 93.4 cm³/mol. The Morgan fingerprint density at radius 2 is 1.87 bits per heavy atom. The van der Waals surface area contributed by atoms with E-state index < -0.39 is 0 Å². The number of hydrogen-bond donors (Lipinski definition) is 1. The molecule has 2 aromatic heterocycles. The second kappa shape index (κ2) is 6.38. The van der Waals surface area contributed by atoms with E-state index >= 15 is 0 Å². The summed E-state index contributed by atoms with van der Waals surface area (Å²) in [6, 6.07) is 7.90. The molecule has 0 bridgehead atoms. The monoisotopic (exact) mass is 327 g/mol. The first-order chi connectivity index (χ1) is 11.0. The Balaban J connectivity index is 2.15. The molecule has 118 valence electrons. The van der Waals surface area contributed by atoms with E-state index in [2.05, 4.69) is 34.1 Å². The summed E-state index contributed by atoms with van der Waals surface area (Å²) in [7, 11) is 1.95. The molecule has 3 aromatic rings. The number of aromatic nitrogens is 4. The molecule has 0 aliphatic heterocycles. The van der Waals surface area contributed by atoms with Crippen molar-refractivity contribution in [1.82, 2.24) is 19.5 Å². The normalized spacial score (nSPS) is 11.0. The third-order valence-corrected chi connectivity index (χ3v) is 3.65. The molecular formula is C17H18ClN5. The number of halogens is 1. The van der Waals surface area contributed by atoms with Gasteiger partial charge in [0.1, 0.15) is 5.69 Å². The summed E-state index contributed by atoms with van der Waals surface area (Å²) in [4.78, 5) is 13.5.